The third-order valence-electron chi connectivity index (χ3n) is 4.80. The Morgan fingerprint density at radius 2 is 2.35 bits per heavy atom. The number of carbonyl (C=O) groups is 2. The van der Waals surface area contributed by atoms with Crippen LogP contribution in [-0.2, 0) is 19.1 Å². The van der Waals surface area contributed by atoms with E-state index in [0.29, 0.717) is 24.9 Å². The molecule has 2 aliphatic carbocycles. The Labute approximate surface area is 101 Å². The minimum absolute atomic E-state index is 0.00901. The summed E-state index contributed by atoms with van der Waals surface area (Å²) < 4.78 is 10.6. The van der Waals surface area contributed by atoms with E-state index in [4.69, 9.17) is 9.47 Å². The fourth-order valence-electron chi connectivity index (χ4n) is 3.91. The fraction of sp³-hybridized carbons (Fsp3) is 0.846. The van der Waals surface area contributed by atoms with Crippen molar-refractivity contribution < 1.29 is 19.1 Å². The van der Waals surface area contributed by atoms with E-state index < -0.39 is 0 Å². The third kappa shape index (κ3) is 1.49. The Balaban J connectivity index is 1.70. The number of fused-ring (bicyclic) bond motifs is 3. The number of cyclic esters (lactones) is 1. The Morgan fingerprint density at radius 1 is 1.53 bits per heavy atom. The molecule has 0 amide bonds. The van der Waals surface area contributed by atoms with E-state index in [0.717, 1.165) is 25.7 Å². The molecule has 17 heavy (non-hydrogen) atoms. The standard InChI is InChI=1S/C13H18O4/c1-2-11(14)17-10-6-9-5-8(10)7-13(9)3-4-16-12(13)15/h8-10H,2-7H2,1H3. The smallest absolute Gasteiger partial charge is 0.312 e. The predicted molar refractivity (Wildman–Crippen MR) is 59.0 cm³/mol. The van der Waals surface area contributed by atoms with E-state index in [-0.39, 0.29) is 23.5 Å². The molecule has 3 fully saturated rings. The van der Waals surface area contributed by atoms with Crippen molar-refractivity contribution in [3.63, 3.8) is 0 Å². The quantitative estimate of drug-likeness (QED) is 0.687. The molecule has 2 bridgehead atoms. The largest absolute Gasteiger partial charge is 0.465 e. The van der Waals surface area contributed by atoms with Crippen LogP contribution in [0, 0.1) is 17.3 Å². The number of rotatable bonds is 2. The molecule has 0 radical (unpaired) electrons. The molecule has 0 aromatic carbocycles. The van der Waals surface area contributed by atoms with E-state index in [1.54, 1.807) is 0 Å². The van der Waals surface area contributed by atoms with Crippen molar-refractivity contribution in [3.8, 4) is 0 Å². The van der Waals surface area contributed by atoms with Crippen molar-refractivity contribution in [3.05, 3.63) is 0 Å². The summed E-state index contributed by atoms with van der Waals surface area (Å²) in [4.78, 5) is 23.2. The molecule has 0 aromatic heterocycles. The van der Waals surface area contributed by atoms with Crippen molar-refractivity contribution in [2.45, 2.75) is 45.1 Å². The van der Waals surface area contributed by atoms with Gasteiger partial charge in [0.1, 0.15) is 6.10 Å². The molecule has 0 aromatic rings. The van der Waals surface area contributed by atoms with Gasteiger partial charge in [-0.05, 0) is 37.5 Å². The van der Waals surface area contributed by atoms with Gasteiger partial charge in [-0.15, -0.1) is 0 Å². The normalized spacial score (nSPS) is 43.1. The van der Waals surface area contributed by atoms with Crippen molar-refractivity contribution in [2.75, 3.05) is 6.61 Å². The monoisotopic (exact) mass is 238 g/mol. The Bertz CT molecular complexity index is 364. The number of hydrogen-bond donors (Lipinski definition) is 0. The van der Waals surface area contributed by atoms with E-state index in [1.807, 2.05) is 6.92 Å². The van der Waals surface area contributed by atoms with Gasteiger partial charge < -0.3 is 9.47 Å². The zero-order valence-corrected chi connectivity index (χ0v) is 10.1. The van der Waals surface area contributed by atoms with Gasteiger partial charge in [0.15, 0.2) is 0 Å². The Hall–Kier alpha value is -1.06. The molecule has 4 atom stereocenters. The average Bonchev–Trinajstić information content (AvgIpc) is 2.96. The number of esters is 2. The van der Waals surface area contributed by atoms with Gasteiger partial charge in [0.25, 0.3) is 0 Å². The summed E-state index contributed by atoms with van der Waals surface area (Å²) >= 11 is 0. The van der Waals surface area contributed by atoms with Crippen LogP contribution in [0.2, 0.25) is 0 Å². The van der Waals surface area contributed by atoms with E-state index >= 15 is 0 Å². The maximum absolute atomic E-state index is 11.8. The SMILES string of the molecule is CCC(=O)OC1CC2CC1CC21CCOC1=O. The Morgan fingerprint density at radius 3 is 2.88 bits per heavy atom. The molecule has 3 rings (SSSR count). The second-order valence-electron chi connectivity index (χ2n) is 5.56. The van der Waals surface area contributed by atoms with Gasteiger partial charge in [-0.1, -0.05) is 6.92 Å². The van der Waals surface area contributed by atoms with Crippen LogP contribution in [0.3, 0.4) is 0 Å². The lowest BCUT2D eigenvalue weighted by Gasteiger charge is -2.33. The van der Waals surface area contributed by atoms with Crippen LogP contribution in [0.4, 0.5) is 0 Å². The first-order valence-corrected chi connectivity index (χ1v) is 6.52. The van der Waals surface area contributed by atoms with Crippen LogP contribution in [0.25, 0.3) is 0 Å². The number of hydrogen-bond acceptors (Lipinski definition) is 4. The topological polar surface area (TPSA) is 52.6 Å². The summed E-state index contributed by atoms with van der Waals surface area (Å²) in [6, 6.07) is 0. The highest BCUT2D eigenvalue weighted by Crippen LogP contribution is 2.60. The van der Waals surface area contributed by atoms with Crippen LogP contribution in [-0.4, -0.2) is 24.6 Å². The van der Waals surface area contributed by atoms with Gasteiger partial charge in [-0.25, -0.2) is 0 Å². The van der Waals surface area contributed by atoms with Crippen LogP contribution >= 0.6 is 0 Å². The molecule has 1 heterocycles. The van der Waals surface area contributed by atoms with E-state index in [2.05, 4.69) is 0 Å². The average molecular weight is 238 g/mol. The molecule has 94 valence electrons. The summed E-state index contributed by atoms with van der Waals surface area (Å²) in [5.74, 6) is 0.620. The molecule has 3 aliphatic rings. The molecule has 1 saturated heterocycles. The first-order chi connectivity index (χ1) is 8.15. The van der Waals surface area contributed by atoms with E-state index in [1.165, 1.54) is 0 Å². The predicted octanol–water partition coefficient (Wildman–Crippen LogP) is 1.67. The molecule has 4 heteroatoms. The van der Waals surface area contributed by atoms with Gasteiger partial charge in [0, 0.05) is 6.42 Å². The maximum Gasteiger partial charge on any atom is 0.312 e. The summed E-state index contributed by atoms with van der Waals surface area (Å²) in [6.07, 6.45) is 4.08. The van der Waals surface area contributed by atoms with Crippen molar-refractivity contribution in [1.82, 2.24) is 0 Å². The molecule has 1 spiro atoms. The van der Waals surface area contributed by atoms with Gasteiger partial charge in [-0.3, -0.25) is 9.59 Å². The van der Waals surface area contributed by atoms with Crippen LogP contribution < -0.4 is 0 Å². The summed E-state index contributed by atoms with van der Waals surface area (Å²) in [5, 5.41) is 0. The van der Waals surface area contributed by atoms with Gasteiger partial charge >= 0.3 is 11.9 Å². The third-order valence-corrected chi connectivity index (χ3v) is 4.80. The van der Waals surface area contributed by atoms with Crippen molar-refractivity contribution in [2.24, 2.45) is 17.3 Å². The first-order valence-electron chi connectivity index (χ1n) is 6.52. The zero-order valence-electron chi connectivity index (χ0n) is 10.1. The highest BCUT2D eigenvalue weighted by atomic mass is 16.5. The Kier molecular flexibility index (Phi) is 2.42. The summed E-state index contributed by atoms with van der Waals surface area (Å²) in [7, 11) is 0. The minimum Gasteiger partial charge on any atom is -0.465 e. The molecule has 1 aliphatic heterocycles. The van der Waals surface area contributed by atoms with Crippen molar-refractivity contribution in [1.29, 1.82) is 0 Å². The summed E-state index contributed by atoms with van der Waals surface area (Å²) in [5.41, 5.74) is -0.222. The number of carbonyl (C=O) groups excluding carboxylic acids is 2. The minimum atomic E-state index is -0.222. The van der Waals surface area contributed by atoms with Gasteiger partial charge in [0.2, 0.25) is 0 Å². The van der Waals surface area contributed by atoms with Gasteiger partial charge in [-0.2, -0.15) is 0 Å². The van der Waals surface area contributed by atoms with Crippen LogP contribution in [0.5, 0.6) is 0 Å². The molecule has 0 N–H and O–H groups in total. The second-order valence-corrected chi connectivity index (χ2v) is 5.56. The lowest BCUT2D eigenvalue weighted by molar-refractivity contribution is -0.155. The first kappa shape index (κ1) is 11.1. The molecule has 4 unspecified atom stereocenters. The molecular weight excluding hydrogens is 220 g/mol. The second kappa shape index (κ2) is 3.72. The fourth-order valence-corrected chi connectivity index (χ4v) is 3.91. The maximum atomic E-state index is 11.8. The zero-order chi connectivity index (χ0) is 12.0. The molecular formula is C13H18O4. The van der Waals surface area contributed by atoms with Crippen molar-refractivity contribution >= 4 is 11.9 Å². The van der Waals surface area contributed by atoms with E-state index in [9.17, 15) is 9.59 Å². The van der Waals surface area contributed by atoms with Gasteiger partial charge in [0.05, 0.1) is 12.0 Å². The van der Waals surface area contributed by atoms with Crippen LogP contribution in [0.1, 0.15) is 39.0 Å². The number of ether oxygens (including phenoxy) is 2. The highest BCUT2D eigenvalue weighted by molar-refractivity contribution is 5.80. The molecule has 4 nitrogen and oxygen atoms in total. The highest BCUT2D eigenvalue weighted by Gasteiger charge is 2.62. The lowest BCUT2D eigenvalue weighted by atomic mass is 9.71. The van der Waals surface area contributed by atoms with Crippen LogP contribution in [0.15, 0.2) is 0 Å². The lowest BCUT2D eigenvalue weighted by Crippen LogP contribution is -2.37. The molecule has 2 saturated carbocycles. The summed E-state index contributed by atoms with van der Waals surface area (Å²) in [6.45, 7) is 2.38.